The standard InChI is InChI=1S/C20H25N3O.2ClH/c1-13-3-6-18-16(11-13)17(12-19(22-18)14-4-5-14)20(24)23-9-7-15(21-2)8-10-23;;/h3,6,11-12,14-15,21H,4-5,7-10H2,1-2H3;2*1H. The maximum atomic E-state index is 13.2. The second-order valence-corrected chi connectivity index (χ2v) is 7.24. The van der Waals surface area contributed by atoms with E-state index in [1.54, 1.807) is 0 Å². The summed E-state index contributed by atoms with van der Waals surface area (Å²) in [5.74, 6) is 0.724. The molecule has 1 amide bonds. The summed E-state index contributed by atoms with van der Waals surface area (Å²) >= 11 is 0. The Hall–Kier alpha value is -1.36. The van der Waals surface area contributed by atoms with Gasteiger partial charge in [-0.2, -0.15) is 0 Å². The highest BCUT2D eigenvalue weighted by Gasteiger charge is 2.29. The van der Waals surface area contributed by atoms with E-state index >= 15 is 0 Å². The summed E-state index contributed by atoms with van der Waals surface area (Å²) in [5, 5.41) is 4.32. The largest absolute Gasteiger partial charge is 0.339 e. The molecule has 1 aliphatic carbocycles. The zero-order valence-corrected chi connectivity index (χ0v) is 17.0. The van der Waals surface area contributed by atoms with Crippen molar-refractivity contribution in [2.45, 2.75) is 44.6 Å². The molecule has 2 fully saturated rings. The molecule has 1 saturated heterocycles. The number of carbonyl (C=O) groups excluding carboxylic acids is 1. The molecule has 1 N–H and O–H groups in total. The van der Waals surface area contributed by atoms with Gasteiger partial charge in [-0.3, -0.25) is 9.78 Å². The molecular weight excluding hydrogens is 369 g/mol. The number of piperidine rings is 1. The number of rotatable bonds is 3. The SMILES string of the molecule is CNC1CCN(C(=O)c2cc(C3CC3)nc3ccc(C)cc23)CC1.Cl.Cl. The fourth-order valence-corrected chi connectivity index (χ4v) is 3.67. The summed E-state index contributed by atoms with van der Waals surface area (Å²) in [6, 6.07) is 8.84. The second-order valence-electron chi connectivity index (χ2n) is 7.24. The van der Waals surface area contributed by atoms with Gasteiger partial charge in [-0.05, 0) is 57.9 Å². The monoisotopic (exact) mass is 395 g/mol. The highest BCUT2D eigenvalue weighted by Crippen LogP contribution is 2.40. The maximum absolute atomic E-state index is 13.2. The Morgan fingerprint density at radius 3 is 2.42 bits per heavy atom. The zero-order valence-electron chi connectivity index (χ0n) is 15.3. The van der Waals surface area contributed by atoms with E-state index in [1.807, 2.05) is 11.9 Å². The number of hydrogen-bond donors (Lipinski definition) is 1. The van der Waals surface area contributed by atoms with E-state index in [0.717, 1.165) is 48.1 Å². The lowest BCUT2D eigenvalue weighted by molar-refractivity contribution is 0.0709. The molecule has 26 heavy (non-hydrogen) atoms. The van der Waals surface area contributed by atoms with E-state index in [4.69, 9.17) is 4.98 Å². The van der Waals surface area contributed by atoms with Gasteiger partial charge in [0, 0.05) is 36.1 Å². The number of halogens is 2. The van der Waals surface area contributed by atoms with Crippen LogP contribution in [0.5, 0.6) is 0 Å². The lowest BCUT2D eigenvalue weighted by atomic mass is 10.0. The van der Waals surface area contributed by atoms with Gasteiger partial charge in [0.2, 0.25) is 0 Å². The predicted molar refractivity (Wildman–Crippen MR) is 111 cm³/mol. The Labute approximate surface area is 167 Å². The van der Waals surface area contributed by atoms with E-state index < -0.39 is 0 Å². The summed E-state index contributed by atoms with van der Waals surface area (Å²) in [6.07, 6.45) is 4.46. The quantitative estimate of drug-likeness (QED) is 0.850. The van der Waals surface area contributed by atoms with Gasteiger partial charge in [0.25, 0.3) is 5.91 Å². The molecule has 0 unspecified atom stereocenters. The summed E-state index contributed by atoms with van der Waals surface area (Å²) in [5.41, 5.74) is 4.07. The Kier molecular flexibility index (Phi) is 6.89. The third-order valence-corrected chi connectivity index (χ3v) is 5.40. The Bertz CT molecular complexity index is 784. The van der Waals surface area contributed by atoms with E-state index in [2.05, 4.69) is 36.5 Å². The number of carbonyl (C=O) groups is 1. The van der Waals surface area contributed by atoms with E-state index in [-0.39, 0.29) is 30.7 Å². The first-order valence-corrected chi connectivity index (χ1v) is 9.03. The van der Waals surface area contributed by atoms with Crippen molar-refractivity contribution in [1.82, 2.24) is 15.2 Å². The van der Waals surface area contributed by atoms with Gasteiger partial charge in [-0.15, -0.1) is 24.8 Å². The fraction of sp³-hybridized carbons (Fsp3) is 0.500. The van der Waals surface area contributed by atoms with Crippen LogP contribution in [0.1, 0.15) is 53.2 Å². The summed E-state index contributed by atoms with van der Waals surface area (Å²) in [4.78, 5) is 20.0. The fourth-order valence-electron chi connectivity index (χ4n) is 3.67. The molecule has 0 atom stereocenters. The van der Waals surface area contributed by atoms with Crippen LogP contribution in [0.15, 0.2) is 24.3 Å². The van der Waals surface area contributed by atoms with Crippen molar-refractivity contribution in [3.63, 3.8) is 0 Å². The first-order chi connectivity index (χ1) is 11.7. The highest BCUT2D eigenvalue weighted by atomic mass is 35.5. The van der Waals surface area contributed by atoms with E-state index in [9.17, 15) is 4.79 Å². The molecule has 0 radical (unpaired) electrons. The summed E-state index contributed by atoms with van der Waals surface area (Å²) < 4.78 is 0. The average molecular weight is 396 g/mol. The van der Waals surface area contributed by atoms with Gasteiger partial charge in [0.05, 0.1) is 11.1 Å². The molecule has 142 valence electrons. The molecular formula is C20H27Cl2N3O. The Balaban J connectivity index is 0.00000121. The molecule has 4 nitrogen and oxygen atoms in total. The number of likely N-dealkylation sites (tertiary alicyclic amines) is 1. The second kappa shape index (κ2) is 8.55. The number of aryl methyl sites for hydroxylation is 1. The number of benzene rings is 1. The van der Waals surface area contributed by atoms with Crippen LogP contribution >= 0.6 is 24.8 Å². The smallest absolute Gasteiger partial charge is 0.254 e. The number of nitrogens with zero attached hydrogens (tertiary/aromatic N) is 2. The van der Waals surface area contributed by atoms with Gasteiger partial charge in [-0.1, -0.05) is 11.6 Å². The highest BCUT2D eigenvalue weighted by molar-refractivity contribution is 6.06. The maximum Gasteiger partial charge on any atom is 0.254 e. The van der Waals surface area contributed by atoms with Crippen molar-refractivity contribution in [3.8, 4) is 0 Å². The van der Waals surface area contributed by atoms with Gasteiger partial charge >= 0.3 is 0 Å². The topological polar surface area (TPSA) is 45.2 Å². The van der Waals surface area contributed by atoms with Crippen LogP contribution in [0, 0.1) is 6.92 Å². The molecule has 4 rings (SSSR count). The molecule has 1 aliphatic heterocycles. The Morgan fingerprint density at radius 1 is 1.12 bits per heavy atom. The zero-order chi connectivity index (χ0) is 16.7. The number of fused-ring (bicyclic) bond motifs is 1. The molecule has 2 aliphatic rings. The molecule has 1 saturated carbocycles. The number of nitrogens with one attached hydrogen (secondary N) is 1. The van der Waals surface area contributed by atoms with Crippen LogP contribution in [0.3, 0.4) is 0 Å². The minimum atomic E-state index is 0. The molecule has 1 aromatic heterocycles. The Morgan fingerprint density at radius 2 is 1.81 bits per heavy atom. The third-order valence-electron chi connectivity index (χ3n) is 5.40. The van der Waals surface area contributed by atoms with Crippen LogP contribution in [0.2, 0.25) is 0 Å². The summed E-state index contributed by atoms with van der Waals surface area (Å²) in [7, 11) is 2.00. The van der Waals surface area contributed by atoms with Crippen molar-refractivity contribution in [2.24, 2.45) is 0 Å². The van der Waals surface area contributed by atoms with Gasteiger partial charge in [-0.25, -0.2) is 0 Å². The lowest BCUT2D eigenvalue weighted by Gasteiger charge is -2.32. The number of hydrogen-bond acceptors (Lipinski definition) is 3. The first kappa shape index (κ1) is 20.9. The molecule has 2 heterocycles. The van der Waals surface area contributed by atoms with E-state index in [1.165, 1.54) is 18.4 Å². The van der Waals surface area contributed by atoms with Crippen LogP contribution in [-0.2, 0) is 0 Å². The molecule has 6 heteroatoms. The van der Waals surface area contributed by atoms with Crippen LogP contribution in [0.4, 0.5) is 0 Å². The van der Waals surface area contributed by atoms with Crippen LogP contribution < -0.4 is 5.32 Å². The van der Waals surface area contributed by atoms with Gasteiger partial charge in [0.1, 0.15) is 0 Å². The van der Waals surface area contributed by atoms with Crippen molar-refractivity contribution in [1.29, 1.82) is 0 Å². The van der Waals surface area contributed by atoms with Crippen LogP contribution in [0.25, 0.3) is 10.9 Å². The molecule has 1 aromatic carbocycles. The van der Waals surface area contributed by atoms with Crippen molar-refractivity contribution < 1.29 is 4.79 Å². The normalized spacial score (nSPS) is 17.5. The van der Waals surface area contributed by atoms with Crippen molar-refractivity contribution in [3.05, 3.63) is 41.1 Å². The molecule has 2 aromatic rings. The molecule has 0 spiro atoms. The number of amides is 1. The van der Waals surface area contributed by atoms with Crippen LogP contribution in [-0.4, -0.2) is 42.0 Å². The number of aromatic nitrogens is 1. The third kappa shape index (κ3) is 4.13. The number of pyridine rings is 1. The predicted octanol–water partition coefficient (Wildman–Crippen LogP) is 4.09. The lowest BCUT2D eigenvalue weighted by Crippen LogP contribution is -2.44. The first-order valence-electron chi connectivity index (χ1n) is 9.03. The van der Waals surface area contributed by atoms with Gasteiger partial charge in [0.15, 0.2) is 0 Å². The summed E-state index contributed by atoms with van der Waals surface area (Å²) in [6.45, 7) is 3.73. The van der Waals surface area contributed by atoms with Crippen molar-refractivity contribution in [2.75, 3.05) is 20.1 Å². The van der Waals surface area contributed by atoms with Crippen molar-refractivity contribution >= 4 is 41.6 Å². The minimum Gasteiger partial charge on any atom is -0.339 e. The minimum absolute atomic E-state index is 0. The molecule has 0 bridgehead atoms. The van der Waals surface area contributed by atoms with E-state index in [0.29, 0.717) is 12.0 Å². The van der Waals surface area contributed by atoms with Gasteiger partial charge < -0.3 is 10.2 Å². The average Bonchev–Trinajstić information content (AvgIpc) is 3.45.